The molecule has 0 unspecified atom stereocenters. The van der Waals surface area contributed by atoms with Crippen LogP contribution in [-0.2, 0) is 0 Å². The van der Waals surface area contributed by atoms with Gasteiger partial charge in [-0.2, -0.15) is 0 Å². The summed E-state index contributed by atoms with van der Waals surface area (Å²) in [4.78, 5) is 24.8. The van der Waals surface area contributed by atoms with Crippen molar-refractivity contribution >= 4 is 23.2 Å². The Hall–Kier alpha value is -2.63. The van der Waals surface area contributed by atoms with Gasteiger partial charge >= 0.3 is 0 Å². The highest BCUT2D eigenvalue weighted by molar-refractivity contribution is 6.03. The monoisotopic (exact) mass is 313 g/mol. The van der Waals surface area contributed by atoms with Crippen LogP contribution in [0.15, 0.2) is 36.7 Å². The van der Waals surface area contributed by atoms with Crippen molar-refractivity contribution in [3.63, 3.8) is 0 Å². The predicted molar refractivity (Wildman–Crippen MR) is 94.3 cm³/mol. The highest BCUT2D eigenvalue weighted by atomic mass is 16.1. The Morgan fingerprint density at radius 1 is 1.04 bits per heavy atom. The second-order valence-electron chi connectivity index (χ2n) is 5.34. The Kier molecular flexibility index (Phi) is 5.51. The summed E-state index contributed by atoms with van der Waals surface area (Å²) in [5, 5.41) is 2.85. The lowest BCUT2D eigenvalue weighted by atomic mass is 10.2. The van der Waals surface area contributed by atoms with Gasteiger partial charge < -0.3 is 15.1 Å². The molecule has 0 spiro atoms. The van der Waals surface area contributed by atoms with E-state index in [1.165, 1.54) is 0 Å². The van der Waals surface area contributed by atoms with Gasteiger partial charge in [-0.1, -0.05) is 0 Å². The topological polar surface area (TPSA) is 61.4 Å². The molecule has 6 heteroatoms. The van der Waals surface area contributed by atoms with Gasteiger partial charge in [0.25, 0.3) is 5.91 Å². The molecule has 1 N–H and O–H groups in total. The number of aromatic nitrogens is 2. The van der Waals surface area contributed by atoms with E-state index in [9.17, 15) is 4.79 Å². The molecular formula is C17H23N5O. The highest BCUT2D eigenvalue weighted by Gasteiger charge is 2.10. The van der Waals surface area contributed by atoms with Crippen LogP contribution in [0.2, 0.25) is 0 Å². The van der Waals surface area contributed by atoms with E-state index in [1.54, 1.807) is 12.4 Å². The van der Waals surface area contributed by atoms with Crippen LogP contribution in [0.25, 0.3) is 0 Å². The van der Waals surface area contributed by atoms with Gasteiger partial charge in [-0.25, -0.2) is 9.97 Å². The average Bonchev–Trinajstić information content (AvgIpc) is 2.57. The molecular weight excluding hydrogens is 290 g/mol. The second-order valence-corrected chi connectivity index (χ2v) is 5.34. The van der Waals surface area contributed by atoms with Crippen molar-refractivity contribution in [1.82, 2.24) is 9.97 Å². The Morgan fingerprint density at radius 3 is 2.09 bits per heavy atom. The Labute approximate surface area is 137 Å². The summed E-state index contributed by atoms with van der Waals surface area (Å²) in [5.74, 6) is 0.426. The van der Waals surface area contributed by atoms with E-state index in [0.717, 1.165) is 24.5 Å². The molecule has 122 valence electrons. The zero-order chi connectivity index (χ0) is 16.8. The summed E-state index contributed by atoms with van der Waals surface area (Å²) in [6.07, 6.45) is 3.12. The fourth-order valence-electron chi connectivity index (χ4n) is 2.15. The lowest BCUT2D eigenvalue weighted by Gasteiger charge is -2.18. The fourth-order valence-corrected chi connectivity index (χ4v) is 2.15. The zero-order valence-corrected chi connectivity index (χ0v) is 14.1. The second kappa shape index (κ2) is 7.58. The summed E-state index contributed by atoms with van der Waals surface area (Å²) in [6, 6.07) is 7.65. The lowest BCUT2D eigenvalue weighted by molar-refractivity contribution is 0.102. The van der Waals surface area contributed by atoms with Crippen LogP contribution in [-0.4, -0.2) is 43.1 Å². The standard InChI is InChI=1S/C17H23N5O/c1-5-22(6-2)17-18-11-13(12-19-17)16(23)20-14-7-9-15(10-8-14)21(3)4/h7-12H,5-6H2,1-4H3,(H,20,23). The van der Waals surface area contributed by atoms with Crippen molar-refractivity contribution in [3.05, 3.63) is 42.2 Å². The Bertz CT molecular complexity index is 633. The van der Waals surface area contributed by atoms with Crippen LogP contribution in [0.5, 0.6) is 0 Å². The summed E-state index contributed by atoms with van der Waals surface area (Å²) in [7, 11) is 3.95. The van der Waals surface area contributed by atoms with E-state index in [1.807, 2.05) is 62.0 Å². The maximum Gasteiger partial charge on any atom is 0.258 e. The van der Waals surface area contributed by atoms with Gasteiger partial charge in [0, 0.05) is 51.0 Å². The molecule has 0 radical (unpaired) electrons. The molecule has 0 aliphatic rings. The van der Waals surface area contributed by atoms with Gasteiger partial charge in [-0.05, 0) is 38.1 Å². The van der Waals surface area contributed by atoms with Crippen molar-refractivity contribution in [2.45, 2.75) is 13.8 Å². The van der Waals surface area contributed by atoms with Crippen molar-refractivity contribution in [1.29, 1.82) is 0 Å². The van der Waals surface area contributed by atoms with Crippen LogP contribution in [0.1, 0.15) is 24.2 Å². The Morgan fingerprint density at radius 2 is 1.61 bits per heavy atom. The molecule has 0 fully saturated rings. The molecule has 0 saturated carbocycles. The molecule has 0 aliphatic heterocycles. The van der Waals surface area contributed by atoms with E-state index in [2.05, 4.69) is 15.3 Å². The third-order valence-electron chi connectivity index (χ3n) is 3.59. The van der Waals surface area contributed by atoms with Crippen molar-refractivity contribution in [2.75, 3.05) is 42.3 Å². The minimum absolute atomic E-state index is 0.214. The number of hydrogen-bond donors (Lipinski definition) is 1. The number of benzene rings is 1. The van der Waals surface area contributed by atoms with E-state index in [4.69, 9.17) is 0 Å². The third kappa shape index (κ3) is 4.18. The summed E-state index contributed by atoms with van der Waals surface area (Å²) < 4.78 is 0. The maximum absolute atomic E-state index is 12.2. The fraction of sp³-hybridized carbons (Fsp3) is 0.353. The van der Waals surface area contributed by atoms with Gasteiger partial charge in [-0.15, -0.1) is 0 Å². The SMILES string of the molecule is CCN(CC)c1ncc(C(=O)Nc2ccc(N(C)C)cc2)cn1. The first-order valence-corrected chi connectivity index (χ1v) is 7.70. The molecule has 0 saturated heterocycles. The number of carbonyl (C=O) groups is 1. The molecule has 23 heavy (non-hydrogen) atoms. The zero-order valence-electron chi connectivity index (χ0n) is 14.1. The van der Waals surface area contributed by atoms with E-state index in [0.29, 0.717) is 11.5 Å². The number of amides is 1. The average molecular weight is 313 g/mol. The van der Waals surface area contributed by atoms with Gasteiger partial charge in [0.2, 0.25) is 5.95 Å². The number of nitrogens with one attached hydrogen (secondary N) is 1. The lowest BCUT2D eigenvalue weighted by Crippen LogP contribution is -2.24. The van der Waals surface area contributed by atoms with Crippen LogP contribution in [0.3, 0.4) is 0 Å². The summed E-state index contributed by atoms with van der Waals surface area (Å²) >= 11 is 0. The van der Waals surface area contributed by atoms with E-state index >= 15 is 0 Å². The molecule has 1 aromatic carbocycles. The molecule has 2 aromatic rings. The molecule has 0 atom stereocenters. The largest absolute Gasteiger partial charge is 0.378 e. The number of nitrogens with zero attached hydrogens (tertiary/aromatic N) is 4. The molecule has 6 nitrogen and oxygen atoms in total. The normalized spacial score (nSPS) is 10.3. The van der Waals surface area contributed by atoms with E-state index < -0.39 is 0 Å². The van der Waals surface area contributed by atoms with Crippen molar-refractivity contribution in [3.8, 4) is 0 Å². The van der Waals surface area contributed by atoms with Crippen LogP contribution >= 0.6 is 0 Å². The van der Waals surface area contributed by atoms with Crippen LogP contribution in [0, 0.1) is 0 Å². The minimum Gasteiger partial charge on any atom is -0.378 e. The molecule has 1 amide bonds. The van der Waals surface area contributed by atoms with Gasteiger partial charge in [0.15, 0.2) is 0 Å². The van der Waals surface area contributed by atoms with Crippen LogP contribution in [0.4, 0.5) is 17.3 Å². The predicted octanol–water partition coefficient (Wildman–Crippen LogP) is 2.64. The van der Waals surface area contributed by atoms with E-state index in [-0.39, 0.29) is 5.91 Å². The molecule has 1 aromatic heterocycles. The number of rotatable bonds is 6. The maximum atomic E-state index is 12.2. The quantitative estimate of drug-likeness (QED) is 0.888. The third-order valence-corrected chi connectivity index (χ3v) is 3.59. The first-order valence-electron chi connectivity index (χ1n) is 7.70. The van der Waals surface area contributed by atoms with Gasteiger partial charge in [0.05, 0.1) is 5.56 Å². The first-order chi connectivity index (χ1) is 11.0. The number of hydrogen-bond acceptors (Lipinski definition) is 5. The Balaban J connectivity index is 2.05. The summed E-state index contributed by atoms with van der Waals surface area (Å²) in [5.41, 5.74) is 2.26. The molecule has 0 aliphatic carbocycles. The number of anilines is 3. The number of carbonyl (C=O) groups excluding carboxylic acids is 1. The van der Waals surface area contributed by atoms with Gasteiger partial charge in [0.1, 0.15) is 0 Å². The van der Waals surface area contributed by atoms with Gasteiger partial charge in [-0.3, -0.25) is 4.79 Å². The molecule has 1 heterocycles. The minimum atomic E-state index is -0.214. The smallest absolute Gasteiger partial charge is 0.258 e. The van der Waals surface area contributed by atoms with Crippen LogP contribution < -0.4 is 15.1 Å². The molecule has 0 bridgehead atoms. The molecule has 2 rings (SSSR count). The first kappa shape index (κ1) is 16.7. The van der Waals surface area contributed by atoms with Crippen molar-refractivity contribution in [2.24, 2.45) is 0 Å². The highest BCUT2D eigenvalue weighted by Crippen LogP contribution is 2.16. The van der Waals surface area contributed by atoms with Crippen molar-refractivity contribution < 1.29 is 4.79 Å². The summed E-state index contributed by atoms with van der Waals surface area (Å²) in [6.45, 7) is 5.76.